The lowest BCUT2D eigenvalue weighted by atomic mass is 10.1. The molecule has 0 spiro atoms. The van der Waals surface area contributed by atoms with E-state index in [0.717, 1.165) is 32.5 Å². The lowest BCUT2D eigenvalue weighted by molar-refractivity contribution is 0.0448. The third kappa shape index (κ3) is 5.06. The summed E-state index contributed by atoms with van der Waals surface area (Å²) >= 11 is 0. The van der Waals surface area contributed by atoms with Crippen LogP contribution < -0.4 is 15.1 Å². The van der Waals surface area contributed by atoms with Crippen molar-refractivity contribution < 1.29 is 23.0 Å². The molecule has 2 aromatic carbocycles. The van der Waals surface area contributed by atoms with Crippen LogP contribution in [0.2, 0.25) is 0 Å². The number of hydrogen-bond donors (Lipinski definition) is 0. The van der Waals surface area contributed by atoms with Crippen LogP contribution in [0.3, 0.4) is 0 Å². The second-order valence-electron chi connectivity index (χ2n) is 9.19. The summed E-state index contributed by atoms with van der Waals surface area (Å²) in [6.07, 6.45) is 3.40. The molecule has 36 heavy (non-hydrogen) atoms. The Morgan fingerprint density at radius 3 is 2.42 bits per heavy atom. The van der Waals surface area contributed by atoms with Crippen molar-refractivity contribution in [3.8, 4) is 5.75 Å². The molecule has 0 radical (unpaired) electrons. The van der Waals surface area contributed by atoms with E-state index in [-0.39, 0.29) is 36.0 Å². The number of carbonyl (C=O) groups excluding carboxylic acids is 1. The van der Waals surface area contributed by atoms with E-state index < -0.39 is 17.2 Å². The predicted molar refractivity (Wildman–Crippen MR) is 133 cm³/mol. The first kappa shape index (κ1) is 24.2. The molecule has 3 aromatic rings. The summed E-state index contributed by atoms with van der Waals surface area (Å²) in [4.78, 5) is 30.3. The number of aromatic nitrogens is 1. The molecular formula is C27H29F2N3O4. The number of anilines is 1. The molecule has 1 aliphatic heterocycles. The summed E-state index contributed by atoms with van der Waals surface area (Å²) in [6, 6.07) is 8.66. The molecular weight excluding hydrogens is 468 g/mol. The molecule has 7 nitrogen and oxygen atoms in total. The lowest BCUT2D eigenvalue weighted by Gasteiger charge is -2.35. The van der Waals surface area contributed by atoms with Crippen molar-refractivity contribution in [2.75, 3.05) is 50.8 Å². The van der Waals surface area contributed by atoms with E-state index in [4.69, 9.17) is 9.47 Å². The Kier molecular flexibility index (Phi) is 6.91. The fraction of sp³-hybridized carbons (Fsp3) is 0.407. The number of fused-ring (bicyclic) bond motifs is 1. The van der Waals surface area contributed by atoms with E-state index in [1.54, 1.807) is 12.3 Å². The topological polar surface area (TPSA) is 64.0 Å². The average molecular weight is 498 g/mol. The smallest absolute Gasteiger partial charge is 0.343 e. The average Bonchev–Trinajstić information content (AvgIpc) is 3.73. The minimum atomic E-state index is -0.779. The number of piperazine rings is 1. The zero-order valence-electron chi connectivity index (χ0n) is 20.2. The van der Waals surface area contributed by atoms with Gasteiger partial charge in [0.25, 0.3) is 0 Å². The van der Waals surface area contributed by atoms with Crippen molar-refractivity contribution in [3.63, 3.8) is 0 Å². The summed E-state index contributed by atoms with van der Waals surface area (Å²) in [6.45, 7) is 6.19. The van der Waals surface area contributed by atoms with Gasteiger partial charge < -0.3 is 23.8 Å². The Bertz CT molecular complexity index is 1310. The van der Waals surface area contributed by atoms with Crippen molar-refractivity contribution >= 4 is 22.6 Å². The van der Waals surface area contributed by atoms with Crippen LogP contribution in [0.4, 0.5) is 14.5 Å². The minimum Gasteiger partial charge on any atom is -0.490 e. The normalized spacial score (nSPS) is 16.4. The fourth-order valence-electron chi connectivity index (χ4n) is 4.61. The minimum absolute atomic E-state index is 0.0467. The molecule has 0 amide bonds. The first-order valence-corrected chi connectivity index (χ1v) is 12.4. The van der Waals surface area contributed by atoms with Crippen LogP contribution >= 0.6 is 0 Å². The van der Waals surface area contributed by atoms with E-state index in [9.17, 15) is 14.0 Å². The molecule has 0 bridgehead atoms. The standard InChI is InChI=1S/C27H29F2N3O4/c1-2-30-9-11-31(12-10-30)25-16-24-21(15-23(25)29)26(33)22(17-32(24)19-5-6-19)27(34)36-14-13-35-20-7-3-18(28)4-8-20/h3-4,7-8,15-17,19H,2,5-6,9-14H2,1H3. The van der Waals surface area contributed by atoms with Gasteiger partial charge in [-0.3, -0.25) is 4.79 Å². The Morgan fingerprint density at radius 2 is 1.75 bits per heavy atom. The maximum Gasteiger partial charge on any atom is 0.343 e. The SMILES string of the molecule is CCN1CCN(c2cc3c(cc2F)c(=O)c(C(=O)OCCOc2ccc(F)cc2)cn3C2CC2)CC1. The molecule has 190 valence electrons. The van der Waals surface area contributed by atoms with E-state index in [1.807, 2.05) is 9.47 Å². The van der Waals surface area contributed by atoms with Crippen LogP contribution in [0, 0.1) is 11.6 Å². The summed E-state index contributed by atoms with van der Waals surface area (Å²) in [5, 5.41) is 0.173. The molecule has 1 saturated carbocycles. The molecule has 0 atom stereocenters. The van der Waals surface area contributed by atoms with Crippen LogP contribution in [0.25, 0.3) is 10.9 Å². The highest BCUT2D eigenvalue weighted by Gasteiger charge is 2.29. The van der Waals surface area contributed by atoms with Crippen molar-refractivity contribution in [3.05, 3.63) is 70.0 Å². The van der Waals surface area contributed by atoms with Crippen LogP contribution in [0.15, 0.2) is 47.4 Å². The first-order chi connectivity index (χ1) is 17.4. The van der Waals surface area contributed by atoms with Crippen LogP contribution in [-0.4, -0.2) is 61.4 Å². The molecule has 1 aliphatic carbocycles. The fourth-order valence-corrected chi connectivity index (χ4v) is 4.61. The number of likely N-dealkylation sites (N-methyl/N-ethyl adjacent to an activating group) is 1. The van der Waals surface area contributed by atoms with E-state index >= 15 is 4.39 Å². The van der Waals surface area contributed by atoms with Crippen LogP contribution in [0.1, 0.15) is 36.2 Å². The quantitative estimate of drug-likeness (QED) is 0.347. The highest BCUT2D eigenvalue weighted by molar-refractivity contribution is 5.94. The van der Waals surface area contributed by atoms with Gasteiger partial charge >= 0.3 is 5.97 Å². The second kappa shape index (κ2) is 10.3. The van der Waals surface area contributed by atoms with Gasteiger partial charge in [-0.1, -0.05) is 6.92 Å². The van der Waals surface area contributed by atoms with Crippen molar-refractivity contribution in [2.45, 2.75) is 25.8 Å². The van der Waals surface area contributed by atoms with Gasteiger partial charge in [-0.15, -0.1) is 0 Å². The van der Waals surface area contributed by atoms with Gasteiger partial charge in [-0.05, 0) is 55.8 Å². The summed E-state index contributed by atoms with van der Waals surface area (Å²) in [5.41, 5.74) is 0.445. The largest absolute Gasteiger partial charge is 0.490 e. The van der Waals surface area contributed by atoms with Crippen LogP contribution in [-0.2, 0) is 4.74 Å². The first-order valence-electron chi connectivity index (χ1n) is 12.4. The molecule has 2 aliphatic rings. The van der Waals surface area contributed by atoms with Gasteiger partial charge in [0, 0.05) is 43.8 Å². The van der Waals surface area contributed by atoms with Crippen molar-refractivity contribution in [2.24, 2.45) is 0 Å². The molecule has 2 fully saturated rings. The Balaban J connectivity index is 1.36. The highest BCUT2D eigenvalue weighted by Crippen LogP contribution is 2.38. The molecule has 5 rings (SSSR count). The molecule has 9 heteroatoms. The lowest BCUT2D eigenvalue weighted by Crippen LogP contribution is -2.46. The van der Waals surface area contributed by atoms with Gasteiger partial charge in [0.15, 0.2) is 0 Å². The summed E-state index contributed by atoms with van der Waals surface area (Å²) in [5.74, 6) is -1.18. The number of esters is 1. The van der Waals surface area contributed by atoms with Crippen molar-refractivity contribution in [1.82, 2.24) is 9.47 Å². The molecule has 1 saturated heterocycles. The number of benzene rings is 2. The zero-order chi connectivity index (χ0) is 25.2. The zero-order valence-corrected chi connectivity index (χ0v) is 20.2. The number of carbonyl (C=O) groups is 1. The van der Waals surface area contributed by atoms with Gasteiger partial charge in [-0.2, -0.15) is 0 Å². The molecule has 0 N–H and O–H groups in total. The Hall–Kier alpha value is -3.46. The number of halogens is 2. The van der Waals surface area contributed by atoms with E-state index in [0.29, 0.717) is 30.0 Å². The van der Waals surface area contributed by atoms with Gasteiger partial charge in [0.2, 0.25) is 5.43 Å². The third-order valence-electron chi connectivity index (χ3n) is 6.82. The number of pyridine rings is 1. The number of hydrogen-bond acceptors (Lipinski definition) is 6. The monoisotopic (exact) mass is 497 g/mol. The number of ether oxygens (including phenoxy) is 2. The molecule has 1 aromatic heterocycles. The van der Waals surface area contributed by atoms with Crippen LogP contribution in [0.5, 0.6) is 5.75 Å². The summed E-state index contributed by atoms with van der Waals surface area (Å²) < 4.78 is 40.8. The van der Waals surface area contributed by atoms with Crippen molar-refractivity contribution in [1.29, 1.82) is 0 Å². The Labute approximate surface area is 207 Å². The maximum atomic E-state index is 15.2. The van der Waals surface area contributed by atoms with Gasteiger partial charge in [0.1, 0.15) is 36.2 Å². The van der Waals surface area contributed by atoms with E-state index in [2.05, 4.69) is 11.8 Å². The number of nitrogens with zero attached hydrogens (tertiary/aromatic N) is 3. The van der Waals surface area contributed by atoms with Gasteiger partial charge in [0.05, 0.1) is 11.2 Å². The van der Waals surface area contributed by atoms with E-state index in [1.165, 1.54) is 30.3 Å². The predicted octanol–water partition coefficient (Wildman–Crippen LogP) is 3.99. The molecule has 2 heterocycles. The number of rotatable bonds is 8. The Morgan fingerprint density at radius 1 is 1.03 bits per heavy atom. The second-order valence-corrected chi connectivity index (χ2v) is 9.19. The maximum absolute atomic E-state index is 15.2. The summed E-state index contributed by atoms with van der Waals surface area (Å²) in [7, 11) is 0. The molecule has 0 unspecified atom stereocenters. The highest BCUT2D eigenvalue weighted by atomic mass is 19.1. The van der Waals surface area contributed by atoms with Gasteiger partial charge in [-0.25, -0.2) is 13.6 Å². The third-order valence-corrected chi connectivity index (χ3v) is 6.82.